The van der Waals surface area contributed by atoms with Crippen LogP contribution in [0.3, 0.4) is 0 Å². The summed E-state index contributed by atoms with van der Waals surface area (Å²) in [5, 5.41) is 0. The van der Waals surface area contributed by atoms with Crippen LogP contribution in [-0.4, -0.2) is 35.4 Å². The summed E-state index contributed by atoms with van der Waals surface area (Å²) in [6, 6.07) is 6.50. The van der Waals surface area contributed by atoms with Gasteiger partial charge in [-0.3, -0.25) is 0 Å². The number of hydrogen-bond donors (Lipinski definition) is 0. The topological polar surface area (TPSA) is 49.2 Å². The molecule has 0 aliphatic rings. The minimum Gasteiger partial charge on any atom is -0.480 e. The van der Waals surface area contributed by atoms with Gasteiger partial charge in [0.1, 0.15) is 5.52 Å². The molecular formula is C21H26BrN3O2. The number of aromatic nitrogens is 3. The minimum absolute atomic E-state index is 0.220. The zero-order chi connectivity index (χ0) is 19.7. The van der Waals surface area contributed by atoms with E-state index in [1.807, 2.05) is 0 Å². The molecule has 5 nitrogen and oxygen atoms in total. The van der Waals surface area contributed by atoms with E-state index in [9.17, 15) is 0 Å². The van der Waals surface area contributed by atoms with Gasteiger partial charge in [0.15, 0.2) is 0 Å². The third-order valence-corrected chi connectivity index (χ3v) is 5.33. The quantitative estimate of drug-likeness (QED) is 0.516. The van der Waals surface area contributed by atoms with Gasteiger partial charge in [-0.25, -0.2) is 9.97 Å². The van der Waals surface area contributed by atoms with Crippen molar-refractivity contribution in [2.75, 3.05) is 20.8 Å². The van der Waals surface area contributed by atoms with Gasteiger partial charge in [-0.1, -0.05) is 13.8 Å². The SMILES string of the molecule is COCC(C)n1cc(Br)c2nc(-c3ccc(C(C)C)nc3OC)c(C)cc21. The number of methoxy groups -OCH3 is 2. The molecule has 3 heterocycles. The monoisotopic (exact) mass is 431 g/mol. The molecule has 27 heavy (non-hydrogen) atoms. The molecule has 3 aromatic rings. The average molecular weight is 432 g/mol. The van der Waals surface area contributed by atoms with Gasteiger partial charge in [-0.05, 0) is 59.5 Å². The summed E-state index contributed by atoms with van der Waals surface area (Å²) in [7, 11) is 3.38. The standard InChI is InChI=1S/C21H26BrN3O2/c1-12(2)17-8-7-15(21(23-17)27-6)19-13(3)9-18-20(24-19)16(22)10-25(18)14(4)11-26-5/h7-10,12,14H,11H2,1-6H3. The lowest BCUT2D eigenvalue weighted by atomic mass is 10.0. The van der Waals surface area contributed by atoms with Crippen molar-refractivity contribution in [1.82, 2.24) is 14.5 Å². The predicted octanol–water partition coefficient (Wildman–Crippen LogP) is 5.51. The molecule has 0 spiro atoms. The zero-order valence-corrected chi connectivity index (χ0v) is 18.3. The maximum atomic E-state index is 5.58. The summed E-state index contributed by atoms with van der Waals surface area (Å²) in [6.07, 6.45) is 2.07. The van der Waals surface area contributed by atoms with E-state index in [0.717, 1.165) is 38.0 Å². The van der Waals surface area contributed by atoms with E-state index < -0.39 is 0 Å². The van der Waals surface area contributed by atoms with E-state index in [1.54, 1.807) is 14.2 Å². The van der Waals surface area contributed by atoms with Gasteiger partial charge in [0, 0.05) is 19.0 Å². The van der Waals surface area contributed by atoms with Crippen LogP contribution >= 0.6 is 15.9 Å². The van der Waals surface area contributed by atoms with Gasteiger partial charge >= 0.3 is 0 Å². The van der Waals surface area contributed by atoms with Crippen LogP contribution in [0.15, 0.2) is 28.9 Å². The molecule has 0 saturated heterocycles. The number of ether oxygens (including phenoxy) is 2. The highest BCUT2D eigenvalue weighted by Gasteiger charge is 2.19. The minimum atomic E-state index is 0.220. The Balaban J connectivity index is 2.17. The Morgan fingerprint density at radius 3 is 2.52 bits per heavy atom. The van der Waals surface area contributed by atoms with Gasteiger partial charge < -0.3 is 14.0 Å². The molecule has 0 aromatic carbocycles. The molecule has 0 N–H and O–H groups in total. The summed E-state index contributed by atoms with van der Waals surface area (Å²) < 4.78 is 14.1. The number of pyridine rings is 2. The smallest absolute Gasteiger partial charge is 0.222 e. The first-order chi connectivity index (χ1) is 12.9. The van der Waals surface area contributed by atoms with Crippen LogP contribution < -0.4 is 4.74 Å². The van der Waals surface area contributed by atoms with Gasteiger partial charge in [0.2, 0.25) is 5.88 Å². The largest absolute Gasteiger partial charge is 0.480 e. The van der Waals surface area contributed by atoms with E-state index in [1.165, 1.54) is 0 Å². The van der Waals surface area contributed by atoms with Crippen molar-refractivity contribution >= 4 is 27.0 Å². The number of halogens is 1. The van der Waals surface area contributed by atoms with Crippen LogP contribution in [0.4, 0.5) is 0 Å². The first-order valence-corrected chi connectivity index (χ1v) is 9.88. The molecule has 1 atom stereocenters. The molecule has 0 amide bonds. The van der Waals surface area contributed by atoms with E-state index in [2.05, 4.69) is 77.6 Å². The zero-order valence-electron chi connectivity index (χ0n) is 16.7. The molecule has 0 fully saturated rings. The number of hydrogen-bond acceptors (Lipinski definition) is 4. The third-order valence-electron chi connectivity index (χ3n) is 4.75. The normalized spacial score (nSPS) is 12.7. The van der Waals surface area contributed by atoms with Crippen LogP contribution in [0.2, 0.25) is 0 Å². The fourth-order valence-corrected chi connectivity index (χ4v) is 3.81. The van der Waals surface area contributed by atoms with Crippen molar-refractivity contribution < 1.29 is 9.47 Å². The van der Waals surface area contributed by atoms with Crippen molar-refractivity contribution in [2.45, 2.75) is 39.7 Å². The van der Waals surface area contributed by atoms with Crippen LogP contribution in [-0.2, 0) is 4.74 Å². The first kappa shape index (κ1) is 19.8. The van der Waals surface area contributed by atoms with E-state index >= 15 is 0 Å². The van der Waals surface area contributed by atoms with Crippen LogP contribution in [0.25, 0.3) is 22.3 Å². The Labute approximate surface area is 168 Å². The number of fused-ring (bicyclic) bond motifs is 1. The number of rotatable bonds is 6. The highest BCUT2D eigenvalue weighted by atomic mass is 79.9. The lowest BCUT2D eigenvalue weighted by Crippen LogP contribution is -2.10. The van der Waals surface area contributed by atoms with Crippen molar-refractivity contribution in [2.24, 2.45) is 0 Å². The second kappa shape index (κ2) is 7.98. The second-order valence-electron chi connectivity index (χ2n) is 7.16. The van der Waals surface area contributed by atoms with Gasteiger partial charge in [0.05, 0.1) is 41.0 Å². The van der Waals surface area contributed by atoms with Crippen LogP contribution in [0.5, 0.6) is 5.88 Å². The molecule has 1 unspecified atom stereocenters. The molecule has 3 rings (SSSR count). The van der Waals surface area contributed by atoms with Gasteiger partial charge in [0.25, 0.3) is 0 Å². The van der Waals surface area contributed by atoms with E-state index in [0.29, 0.717) is 18.4 Å². The van der Waals surface area contributed by atoms with Crippen molar-refractivity contribution in [3.63, 3.8) is 0 Å². The fraction of sp³-hybridized carbons (Fsp3) is 0.429. The maximum Gasteiger partial charge on any atom is 0.222 e. The first-order valence-electron chi connectivity index (χ1n) is 9.09. The summed E-state index contributed by atoms with van der Waals surface area (Å²) in [5.41, 5.74) is 5.89. The maximum absolute atomic E-state index is 5.58. The molecule has 144 valence electrons. The molecular weight excluding hydrogens is 406 g/mol. The Morgan fingerprint density at radius 2 is 1.89 bits per heavy atom. The van der Waals surface area contributed by atoms with Crippen LogP contribution in [0.1, 0.15) is 44.0 Å². The molecule has 0 radical (unpaired) electrons. The Kier molecular flexibility index (Phi) is 5.86. The second-order valence-corrected chi connectivity index (χ2v) is 8.01. The average Bonchev–Trinajstić information content (AvgIpc) is 2.96. The molecule has 3 aromatic heterocycles. The van der Waals surface area contributed by atoms with Crippen molar-refractivity contribution in [3.05, 3.63) is 40.1 Å². The van der Waals surface area contributed by atoms with Gasteiger partial charge in [-0.2, -0.15) is 0 Å². The lowest BCUT2D eigenvalue weighted by molar-refractivity contribution is 0.164. The van der Waals surface area contributed by atoms with E-state index in [4.69, 9.17) is 14.5 Å². The van der Waals surface area contributed by atoms with Gasteiger partial charge in [-0.15, -0.1) is 0 Å². The Morgan fingerprint density at radius 1 is 1.15 bits per heavy atom. The Bertz CT molecular complexity index is 966. The molecule has 0 bridgehead atoms. The predicted molar refractivity (Wildman–Crippen MR) is 113 cm³/mol. The summed E-state index contributed by atoms with van der Waals surface area (Å²) in [4.78, 5) is 9.64. The number of aryl methyl sites for hydroxylation is 1. The van der Waals surface area contributed by atoms with Crippen molar-refractivity contribution in [3.8, 4) is 17.1 Å². The summed E-state index contributed by atoms with van der Waals surface area (Å²) >= 11 is 3.66. The number of nitrogens with zero attached hydrogens (tertiary/aromatic N) is 3. The molecule has 0 saturated carbocycles. The third kappa shape index (κ3) is 3.73. The summed E-state index contributed by atoms with van der Waals surface area (Å²) in [5.74, 6) is 0.953. The molecule has 0 aliphatic carbocycles. The Hall–Kier alpha value is -1.92. The fourth-order valence-electron chi connectivity index (χ4n) is 3.30. The molecule has 6 heteroatoms. The van der Waals surface area contributed by atoms with E-state index in [-0.39, 0.29) is 6.04 Å². The van der Waals surface area contributed by atoms with Crippen molar-refractivity contribution in [1.29, 1.82) is 0 Å². The van der Waals surface area contributed by atoms with Crippen LogP contribution in [0, 0.1) is 6.92 Å². The molecule has 0 aliphatic heterocycles. The lowest BCUT2D eigenvalue weighted by Gasteiger charge is -2.16. The highest BCUT2D eigenvalue weighted by molar-refractivity contribution is 9.10. The summed E-state index contributed by atoms with van der Waals surface area (Å²) in [6.45, 7) is 9.10. The highest BCUT2D eigenvalue weighted by Crippen LogP contribution is 2.35.